The van der Waals surface area contributed by atoms with Gasteiger partial charge in [-0.05, 0) is 31.4 Å². The number of H-pyrrole nitrogens is 1. The van der Waals surface area contributed by atoms with Crippen molar-refractivity contribution in [2.45, 2.75) is 25.8 Å². The average molecular weight is 321 g/mol. The zero-order chi connectivity index (χ0) is 16.9. The molecule has 0 aliphatic carbocycles. The lowest BCUT2D eigenvalue weighted by molar-refractivity contribution is 0.0934. The lowest BCUT2D eigenvalue weighted by Crippen LogP contribution is -2.34. The van der Waals surface area contributed by atoms with Crippen molar-refractivity contribution in [3.8, 4) is 0 Å². The molecule has 0 saturated heterocycles. The van der Waals surface area contributed by atoms with Crippen molar-refractivity contribution in [2.75, 3.05) is 0 Å². The lowest BCUT2D eigenvalue weighted by atomic mass is 10.1. The van der Waals surface area contributed by atoms with Gasteiger partial charge in [-0.3, -0.25) is 9.59 Å². The second kappa shape index (κ2) is 7.08. The highest BCUT2D eigenvalue weighted by atomic mass is 16.2. The molecular formula is C19H19N3O2. The van der Waals surface area contributed by atoms with Gasteiger partial charge in [-0.1, -0.05) is 48.5 Å². The summed E-state index contributed by atoms with van der Waals surface area (Å²) in [6, 6.07) is 17.1. The highest BCUT2D eigenvalue weighted by molar-refractivity contribution is 6.04. The highest BCUT2D eigenvalue weighted by Crippen LogP contribution is 2.13. The highest BCUT2D eigenvalue weighted by Gasteiger charge is 2.15. The molecule has 5 heteroatoms. The van der Waals surface area contributed by atoms with E-state index in [2.05, 4.69) is 27.6 Å². The van der Waals surface area contributed by atoms with Crippen molar-refractivity contribution in [3.05, 3.63) is 76.2 Å². The van der Waals surface area contributed by atoms with Gasteiger partial charge in [0.15, 0.2) is 5.69 Å². The number of benzene rings is 2. The van der Waals surface area contributed by atoms with Gasteiger partial charge in [-0.15, -0.1) is 0 Å². The maximum Gasteiger partial charge on any atom is 0.272 e. The number of aromatic nitrogens is 2. The zero-order valence-electron chi connectivity index (χ0n) is 13.5. The molecule has 1 atom stereocenters. The molecule has 2 aromatic carbocycles. The summed E-state index contributed by atoms with van der Waals surface area (Å²) in [5.41, 5.74) is 1.20. The van der Waals surface area contributed by atoms with Gasteiger partial charge in [-0.2, -0.15) is 5.10 Å². The van der Waals surface area contributed by atoms with Gasteiger partial charge in [-0.25, -0.2) is 5.10 Å². The quantitative estimate of drug-likeness (QED) is 0.758. The molecule has 0 aliphatic heterocycles. The molecule has 122 valence electrons. The SMILES string of the molecule is C[C@H](CCc1ccccc1)NC(=O)c1n[nH]c(=O)c2ccccc12. The Labute approximate surface area is 139 Å². The summed E-state index contributed by atoms with van der Waals surface area (Å²) in [6.45, 7) is 1.97. The number of hydrogen-bond acceptors (Lipinski definition) is 3. The number of nitrogens with zero attached hydrogens (tertiary/aromatic N) is 1. The minimum Gasteiger partial charge on any atom is -0.348 e. The second-order valence-corrected chi connectivity index (χ2v) is 5.85. The summed E-state index contributed by atoms with van der Waals surface area (Å²) >= 11 is 0. The molecule has 2 N–H and O–H groups in total. The number of nitrogens with one attached hydrogen (secondary N) is 2. The summed E-state index contributed by atoms with van der Waals surface area (Å²) in [7, 11) is 0. The van der Waals surface area contributed by atoms with E-state index in [0.29, 0.717) is 10.8 Å². The van der Waals surface area contributed by atoms with Gasteiger partial charge in [0.25, 0.3) is 11.5 Å². The number of fused-ring (bicyclic) bond motifs is 1. The number of carbonyl (C=O) groups is 1. The maximum atomic E-state index is 12.5. The van der Waals surface area contributed by atoms with Crippen molar-refractivity contribution in [3.63, 3.8) is 0 Å². The predicted molar refractivity (Wildman–Crippen MR) is 94.1 cm³/mol. The Hall–Kier alpha value is -2.95. The van der Waals surface area contributed by atoms with Crippen molar-refractivity contribution < 1.29 is 4.79 Å². The molecule has 0 saturated carbocycles. The first-order valence-corrected chi connectivity index (χ1v) is 7.97. The Bertz CT molecular complexity index is 903. The molecule has 0 unspecified atom stereocenters. The lowest BCUT2D eigenvalue weighted by Gasteiger charge is -2.14. The van der Waals surface area contributed by atoms with Gasteiger partial charge in [0, 0.05) is 11.4 Å². The van der Waals surface area contributed by atoms with E-state index in [4.69, 9.17) is 0 Å². The molecule has 1 amide bonds. The fourth-order valence-electron chi connectivity index (χ4n) is 2.68. The Balaban J connectivity index is 1.71. The Morgan fingerprint density at radius 2 is 1.75 bits per heavy atom. The number of aromatic amines is 1. The summed E-state index contributed by atoms with van der Waals surface area (Å²) in [5.74, 6) is -0.275. The van der Waals surface area contributed by atoms with Crippen LogP contribution in [0, 0.1) is 0 Å². The van der Waals surface area contributed by atoms with Crippen LogP contribution in [0.3, 0.4) is 0 Å². The van der Waals surface area contributed by atoms with Crippen LogP contribution in [0.25, 0.3) is 10.8 Å². The smallest absolute Gasteiger partial charge is 0.272 e. The molecule has 1 aromatic heterocycles. The van der Waals surface area contributed by atoms with Gasteiger partial charge in [0.05, 0.1) is 5.39 Å². The van der Waals surface area contributed by atoms with Crippen LogP contribution in [0.5, 0.6) is 0 Å². The number of amides is 1. The van der Waals surface area contributed by atoms with Gasteiger partial charge >= 0.3 is 0 Å². The first kappa shape index (κ1) is 15.9. The van der Waals surface area contributed by atoms with Crippen molar-refractivity contribution >= 4 is 16.7 Å². The van der Waals surface area contributed by atoms with Gasteiger partial charge < -0.3 is 5.32 Å². The third kappa shape index (κ3) is 3.51. The summed E-state index contributed by atoms with van der Waals surface area (Å²) < 4.78 is 0. The second-order valence-electron chi connectivity index (χ2n) is 5.85. The molecule has 0 bridgehead atoms. The van der Waals surface area contributed by atoms with Crippen LogP contribution >= 0.6 is 0 Å². The Morgan fingerprint density at radius 3 is 2.50 bits per heavy atom. The van der Waals surface area contributed by atoms with Crippen LogP contribution < -0.4 is 10.9 Å². The van der Waals surface area contributed by atoms with Gasteiger partial charge in [0.2, 0.25) is 0 Å². The number of hydrogen-bond donors (Lipinski definition) is 2. The molecule has 0 fully saturated rings. The van der Waals surface area contributed by atoms with Crippen LogP contribution in [0.15, 0.2) is 59.4 Å². The first-order valence-electron chi connectivity index (χ1n) is 7.97. The van der Waals surface area contributed by atoms with Crippen LogP contribution in [0.2, 0.25) is 0 Å². The first-order chi connectivity index (χ1) is 11.6. The predicted octanol–water partition coefficient (Wildman–Crippen LogP) is 2.67. The monoisotopic (exact) mass is 321 g/mol. The van der Waals surface area contributed by atoms with Crippen LogP contribution in [0.4, 0.5) is 0 Å². The fraction of sp³-hybridized carbons (Fsp3) is 0.211. The summed E-state index contributed by atoms with van der Waals surface area (Å²) in [6.07, 6.45) is 1.72. The molecule has 3 rings (SSSR count). The number of aryl methyl sites for hydroxylation is 1. The van der Waals surface area contributed by atoms with E-state index in [0.717, 1.165) is 12.8 Å². The third-order valence-electron chi connectivity index (χ3n) is 4.00. The molecule has 0 radical (unpaired) electrons. The van der Waals surface area contributed by atoms with E-state index in [9.17, 15) is 9.59 Å². The van der Waals surface area contributed by atoms with E-state index in [1.807, 2.05) is 25.1 Å². The Morgan fingerprint density at radius 1 is 1.08 bits per heavy atom. The molecule has 24 heavy (non-hydrogen) atoms. The standard InChI is InChI=1S/C19H19N3O2/c1-13(11-12-14-7-3-2-4-8-14)20-19(24)17-15-9-5-6-10-16(15)18(23)22-21-17/h2-10,13H,11-12H2,1H3,(H,20,24)(H,22,23)/t13-/m1/s1. The minimum atomic E-state index is -0.292. The van der Waals surface area contributed by atoms with E-state index < -0.39 is 0 Å². The van der Waals surface area contributed by atoms with E-state index >= 15 is 0 Å². The molecular weight excluding hydrogens is 302 g/mol. The van der Waals surface area contributed by atoms with E-state index in [1.165, 1.54) is 5.56 Å². The minimum absolute atomic E-state index is 0.00481. The zero-order valence-corrected chi connectivity index (χ0v) is 13.5. The molecule has 1 heterocycles. The summed E-state index contributed by atoms with van der Waals surface area (Å²) in [4.78, 5) is 24.3. The van der Waals surface area contributed by atoms with Crippen LogP contribution in [0.1, 0.15) is 29.4 Å². The molecule has 5 nitrogen and oxygen atoms in total. The maximum absolute atomic E-state index is 12.5. The molecule has 0 spiro atoms. The molecule has 0 aliphatic rings. The largest absolute Gasteiger partial charge is 0.348 e. The van der Waals surface area contributed by atoms with Crippen LogP contribution in [-0.4, -0.2) is 22.1 Å². The van der Waals surface area contributed by atoms with E-state index in [1.54, 1.807) is 24.3 Å². The topological polar surface area (TPSA) is 74.8 Å². The normalized spacial score (nSPS) is 12.0. The van der Waals surface area contributed by atoms with E-state index in [-0.39, 0.29) is 23.2 Å². The van der Waals surface area contributed by atoms with Crippen molar-refractivity contribution in [2.24, 2.45) is 0 Å². The average Bonchev–Trinajstić information content (AvgIpc) is 2.61. The number of carbonyl (C=O) groups excluding carboxylic acids is 1. The fourth-order valence-corrected chi connectivity index (χ4v) is 2.68. The molecule has 3 aromatic rings. The van der Waals surface area contributed by atoms with Crippen molar-refractivity contribution in [1.82, 2.24) is 15.5 Å². The summed E-state index contributed by atoms with van der Waals surface area (Å²) in [5, 5.41) is 10.3. The van der Waals surface area contributed by atoms with Crippen molar-refractivity contribution in [1.29, 1.82) is 0 Å². The number of rotatable bonds is 5. The van der Waals surface area contributed by atoms with Gasteiger partial charge in [0.1, 0.15) is 0 Å². The Kier molecular flexibility index (Phi) is 4.70. The van der Waals surface area contributed by atoms with Crippen LogP contribution in [-0.2, 0) is 6.42 Å². The third-order valence-corrected chi connectivity index (χ3v) is 4.00.